The van der Waals surface area contributed by atoms with Gasteiger partial charge in [0.05, 0.1) is 25.0 Å². The summed E-state index contributed by atoms with van der Waals surface area (Å²) in [6.45, 7) is 18.3. The molecule has 7 heteroatoms. The number of rotatable bonds is 7. The van der Waals surface area contributed by atoms with Gasteiger partial charge in [-0.3, -0.25) is 4.98 Å². The van der Waals surface area contributed by atoms with E-state index in [-0.39, 0.29) is 31.9 Å². The Morgan fingerprint density at radius 1 is 0.645 bits per heavy atom. The summed E-state index contributed by atoms with van der Waals surface area (Å²) in [5.74, 6) is 1.29. The third kappa shape index (κ3) is 7.97. The van der Waals surface area contributed by atoms with Gasteiger partial charge in [0.15, 0.2) is 5.65 Å². The molecule has 5 nitrogen and oxygen atoms in total. The Balaban J connectivity index is 0.000000248. The second-order valence-electron chi connectivity index (χ2n) is 17.6. The Hall–Kier alpha value is -5.98. The van der Waals surface area contributed by atoms with Crippen molar-refractivity contribution in [1.82, 2.24) is 19.5 Å². The molecule has 6 aromatic carbocycles. The molecule has 0 atom stereocenters. The van der Waals surface area contributed by atoms with Crippen molar-refractivity contribution < 1.29 is 24.5 Å². The number of hydrogen-bond donors (Lipinski definition) is 0. The maximum absolute atomic E-state index is 6.54. The molecule has 0 unspecified atom stereocenters. The quantitative estimate of drug-likeness (QED) is 0.118. The Morgan fingerprint density at radius 3 is 2.00 bits per heavy atom. The fraction of sp³-hybridized carbons (Fsp3) is 0.182. The summed E-state index contributed by atoms with van der Waals surface area (Å²) in [6, 6.07) is 53.0. The summed E-state index contributed by atoms with van der Waals surface area (Å²) >= 11 is 0. The maximum atomic E-state index is 6.54. The molecule has 10 aromatic rings. The SMILES string of the molecule is CC(C)c1cc(-c2ccccc2)cc(C(C)C)c1-n1c(-c2[c-]ccc3c2oc2ccccc23)nc2ncc3ccccc3c21.Cc1cc(-c2[c-]cccc2)ncc1[Si](C)(C)C.[Ir]. The number of imidazole rings is 1. The predicted octanol–water partition coefficient (Wildman–Crippen LogP) is 14.3. The van der Waals surface area contributed by atoms with E-state index in [2.05, 4.69) is 179 Å². The van der Waals surface area contributed by atoms with Crippen LogP contribution in [-0.4, -0.2) is 27.6 Å². The first kappa shape index (κ1) is 42.7. The molecule has 0 aliphatic heterocycles. The number of furan rings is 1. The zero-order valence-corrected chi connectivity index (χ0v) is 39.9. The molecule has 0 spiro atoms. The molecule has 0 bridgehead atoms. The summed E-state index contributed by atoms with van der Waals surface area (Å²) in [7, 11) is -1.27. The first-order chi connectivity index (χ1) is 29.5. The maximum Gasteiger partial charge on any atom is 0.169 e. The summed E-state index contributed by atoms with van der Waals surface area (Å²) in [4.78, 5) is 14.8. The predicted molar refractivity (Wildman–Crippen MR) is 258 cm³/mol. The normalized spacial score (nSPS) is 11.7. The summed E-state index contributed by atoms with van der Waals surface area (Å²) in [5.41, 5.74) is 13.7. The summed E-state index contributed by atoms with van der Waals surface area (Å²) < 4.78 is 8.89. The number of pyridine rings is 2. The zero-order valence-electron chi connectivity index (χ0n) is 36.5. The van der Waals surface area contributed by atoms with Crippen molar-refractivity contribution in [3.05, 3.63) is 175 Å². The minimum absolute atomic E-state index is 0. The summed E-state index contributed by atoms with van der Waals surface area (Å²) in [5, 5.41) is 5.78. The van der Waals surface area contributed by atoms with Gasteiger partial charge in [-0.1, -0.05) is 143 Å². The number of para-hydroxylation sites is 1. The van der Waals surface area contributed by atoms with Gasteiger partial charge in [0.2, 0.25) is 0 Å². The first-order valence-corrected chi connectivity index (χ1v) is 24.7. The first-order valence-electron chi connectivity index (χ1n) is 21.2. The van der Waals surface area contributed by atoms with Gasteiger partial charge in [-0.2, -0.15) is 0 Å². The Morgan fingerprint density at radius 2 is 1.32 bits per heavy atom. The van der Waals surface area contributed by atoms with Crippen molar-refractivity contribution in [2.45, 2.75) is 66.1 Å². The van der Waals surface area contributed by atoms with Crippen molar-refractivity contribution >= 4 is 57.1 Å². The third-order valence-corrected chi connectivity index (χ3v) is 13.7. The minimum atomic E-state index is -1.27. The van der Waals surface area contributed by atoms with Crippen LogP contribution in [0.15, 0.2) is 150 Å². The van der Waals surface area contributed by atoms with Crippen LogP contribution in [-0.2, 0) is 20.1 Å². The van der Waals surface area contributed by atoms with E-state index in [0.29, 0.717) is 5.65 Å². The van der Waals surface area contributed by atoms with Crippen LogP contribution in [0.1, 0.15) is 56.2 Å². The molecule has 0 N–H and O–H groups in total. The van der Waals surface area contributed by atoms with E-state index < -0.39 is 8.07 Å². The van der Waals surface area contributed by atoms with Crippen LogP contribution in [0.2, 0.25) is 19.6 Å². The standard InChI is InChI=1S/C40H32N3O.C15H18NSi.Ir/c1-24(2)33-21-28(26-13-6-5-7-14-26)22-34(25(3)4)36(33)43-37-29-16-9-8-15-27(29)23-41-39(37)42-40(43)32-19-12-18-31-30-17-10-11-20-35(30)44-38(31)32;1-12-10-14(13-8-6-5-7-9-13)16-11-15(12)17(2,3)4;/h5-18,20-25H,1-4H3;5-8,10-11H,1-4H3;/q2*-1;. The van der Waals surface area contributed by atoms with Crippen LogP contribution < -0.4 is 5.19 Å². The number of nitrogens with zero attached hydrogens (tertiary/aromatic N) is 4. The topological polar surface area (TPSA) is 56.7 Å². The molecular formula is C55H50IrN4OSi-2. The molecule has 4 heterocycles. The zero-order chi connectivity index (χ0) is 42.4. The number of aryl methyl sites for hydroxylation is 1. The smallest absolute Gasteiger partial charge is 0.169 e. The van der Waals surface area contributed by atoms with E-state index in [4.69, 9.17) is 14.4 Å². The van der Waals surface area contributed by atoms with E-state index in [9.17, 15) is 0 Å². The van der Waals surface area contributed by atoms with Gasteiger partial charge < -0.3 is 14.0 Å². The molecular weight excluding hydrogens is 953 g/mol. The van der Waals surface area contributed by atoms with E-state index in [0.717, 1.165) is 66.6 Å². The van der Waals surface area contributed by atoms with E-state index in [1.807, 2.05) is 42.6 Å². The average molecular weight is 1000 g/mol. The molecule has 0 amide bonds. The number of hydrogen-bond acceptors (Lipinski definition) is 4. The number of benzene rings is 6. The van der Waals surface area contributed by atoms with Gasteiger partial charge in [0.25, 0.3) is 0 Å². The van der Waals surface area contributed by atoms with E-state index in [1.165, 1.54) is 33.0 Å². The van der Waals surface area contributed by atoms with Gasteiger partial charge in [-0.05, 0) is 70.1 Å². The molecule has 0 saturated carbocycles. The fourth-order valence-electron chi connectivity index (χ4n) is 8.59. The number of fused-ring (bicyclic) bond motifs is 6. The molecule has 0 aliphatic rings. The molecule has 311 valence electrons. The van der Waals surface area contributed by atoms with Gasteiger partial charge >= 0.3 is 0 Å². The van der Waals surface area contributed by atoms with Crippen molar-refractivity contribution in [3.8, 4) is 39.5 Å². The molecule has 10 rings (SSSR count). The molecule has 1 radical (unpaired) electrons. The van der Waals surface area contributed by atoms with Crippen molar-refractivity contribution in [1.29, 1.82) is 0 Å². The van der Waals surface area contributed by atoms with Gasteiger partial charge in [0.1, 0.15) is 5.58 Å². The third-order valence-electron chi connectivity index (χ3n) is 11.6. The fourth-order valence-corrected chi connectivity index (χ4v) is 10.3. The Bertz CT molecular complexity index is 3170. The minimum Gasteiger partial charge on any atom is -0.501 e. The van der Waals surface area contributed by atoms with Crippen LogP contribution in [0.25, 0.3) is 83.3 Å². The largest absolute Gasteiger partial charge is 0.501 e. The number of aromatic nitrogens is 4. The second-order valence-corrected chi connectivity index (χ2v) is 22.6. The van der Waals surface area contributed by atoms with E-state index in [1.54, 1.807) is 0 Å². The molecule has 0 aliphatic carbocycles. The molecule has 0 saturated heterocycles. The molecule has 62 heavy (non-hydrogen) atoms. The van der Waals surface area contributed by atoms with Crippen LogP contribution in [0.5, 0.6) is 0 Å². The molecule has 4 aromatic heterocycles. The van der Waals surface area contributed by atoms with Crippen LogP contribution in [0.3, 0.4) is 0 Å². The van der Waals surface area contributed by atoms with E-state index >= 15 is 0 Å². The monoisotopic (exact) mass is 1000 g/mol. The van der Waals surface area contributed by atoms with Crippen molar-refractivity contribution in [3.63, 3.8) is 0 Å². The van der Waals surface area contributed by atoms with Crippen LogP contribution in [0.4, 0.5) is 0 Å². The van der Waals surface area contributed by atoms with Crippen LogP contribution in [0, 0.1) is 19.1 Å². The summed E-state index contributed by atoms with van der Waals surface area (Å²) in [6.07, 6.45) is 3.98. The second kappa shape index (κ2) is 17.4. The van der Waals surface area contributed by atoms with Gasteiger partial charge in [-0.25, -0.2) is 4.98 Å². The van der Waals surface area contributed by atoms with Crippen molar-refractivity contribution in [2.24, 2.45) is 0 Å². The average Bonchev–Trinajstić information content (AvgIpc) is 3.85. The van der Waals surface area contributed by atoms with Gasteiger partial charge in [-0.15, -0.1) is 54.1 Å². The van der Waals surface area contributed by atoms with Gasteiger partial charge in [0, 0.05) is 54.3 Å². The van der Waals surface area contributed by atoms with Crippen molar-refractivity contribution in [2.75, 3.05) is 0 Å². The molecule has 0 fully saturated rings. The van der Waals surface area contributed by atoms with Crippen LogP contribution >= 0.6 is 0 Å². The Labute approximate surface area is 379 Å². The Kier molecular flexibility index (Phi) is 12.0.